The molecular formula is C19H17ClF6N2O5. The van der Waals surface area contributed by atoms with Gasteiger partial charge in [-0.1, -0.05) is 23.7 Å². The van der Waals surface area contributed by atoms with Crippen molar-refractivity contribution in [2.45, 2.75) is 25.8 Å². The molecule has 0 bridgehead atoms. The number of aromatic nitrogens is 1. The van der Waals surface area contributed by atoms with Crippen molar-refractivity contribution in [1.29, 1.82) is 0 Å². The summed E-state index contributed by atoms with van der Waals surface area (Å²) < 4.78 is 69.1. The molecule has 0 fully saturated rings. The molecule has 7 nitrogen and oxygen atoms in total. The molecule has 1 aliphatic heterocycles. The van der Waals surface area contributed by atoms with Gasteiger partial charge in [-0.2, -0.15) is 26.3 Å². The summed E-state index contributed by atoms with van der Waals surface area (Å²) in [7, 11) is 0. The Bertz CT molecular complexity index is 958. The van der Waals surface area contributed by atoms with E-state index >= 15 is 0 Å². The van der Waals surface area contributed by atoms with Crippen LogP contribution in [0.2, 0.25) is 5.02 Å². The lowest BCUT2D eigenvalue weighted by Gasteiger charge is -2.10. The number of halogens is 7. The van der Waals surface area contributed by atoms with Gasteiger partial charge in [-0.05, 0) is 30.7 Å². The van der Waals surface area contributed by atoms with Gasteiger partial charge in [0.05, 0.1) is 5.69 Å². The summed E-state index contributed by atoms with van der Waals surface area (Å²) in [6.07, 6.45) is -10.2. The van der Waals surface area contributed by atoms with E-state index in [0.29, 0.717) is 6.61 Å². The third-order valence-corrected chi connectivity index (χ3v) is 3.96. The van der Waals surface area contributed by atoms with Crippen molar-refractivity contribution < 1.29 is 50.9 Å². The van der Waals surface area contributed by atoms with Crippen molar-refractivity contribution in [1.82, 2.24) is 10.3 Å². The van der Waals surface area contributed by atoms with E-state index < -0.39 is 24.3 Å². The molecule has 0 saturated carbocycles. The third-order valence-electron chi connectivity index (χ3n) is 3.72. The van der Waals surface area contributed by atoms with Crippen molar-refractivity contribution in [2.75, 3.05) is 13.2 Å². The monoisotopic (exact) mass is 502 g/mol. The van der Waals surface area contributed by atoms with Crippen LogP contribution in [0.15, 0.2) is 30.3 Å². The van der Waals surface area contributed by atoms with Crippen molar-refractivity contribution in [3.8, 4) is 17.1 Å². The van der Waals surface area contributed by atoms with Gasteiger partial charge in [0, 0.05) is 29.2 Å². The van der Waals surface area contributed by atoms with Crippen LogP contribution in [0.3, 0.4) is 0 Å². The number of fused-ring (bicyclic) bond motifs is 1. The first-order valence-corrected chi connectivity index (χ1v) is 9.21. The fourth-order valence-electron chi connectivity index (χ4n) is 2.24. The highest BCUT2D eigenvalue weighted by molar-refractivity contribution is 6.30. The number of carboxylic acid groups (broad SMARTS) is 2. The Balaban J connectivity index is 0.000000324. The number of benzene rings is 1. The first-order chi connectivity index (χ1) is 15.1. The minimum Gasteiger partial charge on any atom is -0.476 e. The topological polar surface area (TPSA) is 109 Å². The number of aliphatic carboxylic acids is 2. The SMILES string of the molecule is Cc1cc(Cl)ccc1-c1ccc2c(n1)OCCNC2.O=C(O)C(F)(F)F.O=C(O)C(F)(F)F. The van der Waals surface area contributed by atoms with Crippen LogP contribution < -0.4 is 10.1 Å². The highest BCUT2D eigenvalue weighted by atomic mass is 35.5. The number of hydrogen-bond acceptors (Lipinski definition) is 5. The second-order valence-electron chi connectivity index (χ2n) is 6.25. The zero-order valence-corrected chi connectivity index (χ0v) is 17.5. The molecule has 3 rings (SSSR count). The lowest BCUT2D eigenvalue weighted by Crippen LogP contribution is -2.21. The van der Waals surface area contributed by atoms with E-state index in [9.17, 15) is 26.3 Å². The van der Waals surface area contributed by atoms with Gasteiger partial charge in [0.15, 0.2) is 0 Å². The molecule has 2 aromatic rings. The highest BCUT2D eigenvalue weighted by Crippen LogP contribution is 2.28. The fraction of sp³-hybridized carbons (Fsp3) is 0.316. The third kappa shape index (κ3) is 9.53. The second kappa shape index (κ2) is 11.7. The van der Waals surface area contributed by atoms with Gasteiger partial charge >= 0.3 is 24.3 Å². The van der Waals surface area contributed by atoms with E-state index in [2.05, 4.69) is 16.4 Å². The molecule has 0 unspecified atom stereocenters. The summed E-state index contributed by atoms with van der Waals surface area (Å²) in [5, 5.41) is 18.3. The quantitative estimate of drug-likeness (QED) is 0.494. The van der Waals surface area contributed by atoms with Crippen molar-refractivity contribution in [3.63, 3.8) is 0 Å². The average Bonchev–Trinajstić information content (AvgIpc) is 2.92. The van der Waals surface area contributed by atoms with Gasteiger partial charge in [-0.25, -0.2) is 14.6 Å². The number of nitrogens with zero attached hydrogens (tertiary/aromatic N) is 1. The van der Waals surface area contributed by atoms with Crippen LogP contribution in [-0.4, -0.2) is 52.6 Å². The predicted molar refractivity (Wildman–Crippen MR) is 104 cm³/mol. The Labute approximate surface area is 188 Å². The van der Waals surface area contributed by atoms with Gasteiger partial charge in [0.1, 0.15) is 6.61 Å². The lowest BCUT2D eigenvalue weighted by atomic mass is 10.0. The summed E-state index contributed by atoms with van der Waals surface area (Å²) >= 11 is 5.99. The van der Waals surface area contributed by atoms with Gasteiger partial charge in [0.25, 0.3) is 0 Å². The van der Waals surface area contributed by atoms with E-state index in [1.807, 2.05) is 31.2 Å². The number of carbonyl (C=O) groups is 2. The Kier molecular flexibility index (Phi) is 9.92. The van der Waals surface area contributed by atoms with Crippen LogP contribution in [0, 0.1) is 6.92 Å². The highest BCUT2D eigenvalue weighted by Gasteiger charge is 2.38. The first kappa shape index (κ1) is 28.0. The zero-order chi connectivity index (χ0) is 25.4. The number of pyridine rings is 1. The Hall–Kier alpha value is -3.06. The molecule has 182 valence electrons. The number of carboxylic acids is 2. The van der Waals surface area contributed by atoms with Crippen LogP contribution in [0.4, 0.5) is 26.3 Å². The summed E-state index contributed by atoms with van der Waals surface area (Å²) in [4.78, 5) is 22.4. The number of nitrogens with one attached hydrogen (secondary N) is 1. The van der Waals surface area contributed by atoms with Crippen LogP contribution in [0.25, 0.3) is 11.3 Å². The molecule has 3 N–H and O–H groups in total. The number of aryl methyl sites for hydroxylation is 1. The molecule has 1 aliphatic rings. The van der Waals surface area contributed by atoms with Crippen molar-refractivity contribution in [3.05, 3.63) is 46.5 Å². The zero-order valence-electron chi connectivity index (χ0n) is 16.7. The minimum absolute atomic E-state index is 0.656. The maximum atomic E-state index is 10.6. The predicted octanol–water partition coefficient (Wildman–Crippen LogP) is 4.46. The van der Waals surface area contributed by atoms with Crippen LogP contribution >= 0.6 is 11.6 Å². The smallest absolute Gasteiger partial charge is 0.476 e. The van der Waals surface area contributed by atoms with Gasteiger partial charge < -0.3 is 20.3 Å². The van der Waals surface area contributed by atoms with Crippen molar-refractivity contribution >= 4 is 23.5 Å². The largest absolute Gasteiger partial charge is 0.490 e. The van der Waals surface area contributed by atoms with Gasteiger partial charge in [-0.3, -0.25) is 0 Å². The molecule has 14 heteroatoms. The van der Waals surface area contributed by atoms with E-state index in [1.54, 1.807) is 0 Å². The van der Waals surface area contributed by atoms with E-state index in [4.69, 9.17) is 36.1 Å². The summed E-state index contributed by atoms with van der Waals surface area (Å²) in [6.45, 7) is 4.36. The number of ether oxygens (including phenoxy) is 1. The number of hydrogen-bond donors (Lipinski definition) is 3. The Morgan fingerprint density at radius 2 is 1.58 bits per heavy atom. The van der Waals surface area contributed by atoms with Gasteiger partial charge in [-0.15, -0.1) is 0 Å². The fourth-order valence-corrected chi connectivity index (χ4v) is 2.46. The summed E-state index contributed by atoms with van der Waals surface area (Å²) in [6, 6.07) is 9.95. The number of rotatable bonds is 1. The molecule has 0 atom stereocenters. The number of alkyl halides is 6. The molecule has 0 spiro atoms. The Morgan fingerprint density at radius 3 is 2.06 bits per heavy atom. The molecule has 0 radical (unpaired) electrons. The summed E-state index contributed by atoms with van der Waals surface area (Å²) in [5.41, 5.74) is 4.24. The van der Waals surface area contributed by atoms with Crippen LogP contribution in [0.5, 0.6) is 5.88 Å². The Morgan fingerprint density at radius 1 is 1.03 bits per heavy atom. The van der Waals surface area contributed by atoms with Crippen LogP contribution in [0.1, 0.15) is 11.1 Å². The molecule has 1 aromatic heterocycles. The van der Waals surface area contributed by atoms with Crippen molar-refractivity contribution in [2.24, 2.45) is 0 Å². The lowest BCUT2D eigenvalue weighted by molar-refractivity contribution is -0.193. The molecule has 0 aliphatic carbocycles. The first-order valence-electron chi connectivity index (χ1n) is 8.83. The molecule has 0 amide bonds. The summed E-state index contributed by atoms with van der Waals surface area (Å²) in [5.74, 6) is -4.78. The van der Waals surface area contributed by atoms with Gasteiger partial charge in [0.2, 0.25) is 5.88 Å². The van der Waals surface area contributed by atoms with E-state index in [-0.39, 0.29) is 0 Å². The minimum atomic E-state index is -5.08. The maximum Gasteiger partial charge on any atom is 0.490 e. The maximum absolute atomic E-state index is 10.6. The molecule has 1 aromatic carbocycles. The second-order valence-corrected chi connectivity index (χ2v) is 6.69. The molecule has 2 heterocycles. The molecule has 0 saturated heterocycles. The van der Waals surface area contributed by atoms with Crippen LogP contribution in [-0.2, 0) is 16.1 Å². The van der Waals surface area contributed by atoms with E-state index in [0.717, 1.165) is 46.4 Å². The standard InChI is InChI=1S/C15H15ClN2O.2C2HF3O2/c1-10-8-12(16)3-4-13(10)14-5-2-11-9-17-6-7-19-15(11)18-14;2*3-2(4,5)1(6)7/h2-5,8,17H,6-7,9H2,1H3;2*(H,6,7). The molecular weight excluding hydrogens is 486 g/mol. The van der Waals surface area contributed by atoms with E-state index in [1.165, 1.54) is 0 Å². The molecule has 33 heavy (non-hydrogen) atoms. The average molecular weight is 503 g/mol. The normalized spacial score (nSPS) is 13.1.